The number of carbonyl (C=O) groups excluding carboxylic acids is 2. The molecular formula is C30H37N3O5S. The minimum Gasteiger partial charge on any atom is -0.497 e. The summed E-state index contributed by atoms with van der Waals surface area (Å²) in [6.45, 7) is 2.36. The van der Waals surface area contributed by atoms with Crippen LogP contribution in [0.1, 0.15) is 29.5 Å². The summed E-state index contributed by atoms with van der Waals surface area (Å²) < 4.78 is 31.7. The third-order valence-electron chi connectivity index (χ3n) is 6.48. The van der Waals surface area contributed by atoms with Gasteiger partial charge in [0.1, 0.15) is 11.8 Å². The summed E-state index contributed by atoms with van der Waals surface area (Å²) in [6.07, 6.45) is 1.85. The number of sulfonamides is 1. The van der Waals surface area contributed by atoms with Gasteiger partial charge in [-0.3, -0.25) is 13.9 Å². The molecule has 3 rings (SSSR count). The lowest BCUT2D eigenvalue weighted by atomic mass is 10.0. The minimum absolute atomic E-state index is 0.0735. The Labute approximate surface area is 231 Å². The van der Waals surface area contributed by atoms with Gasteiger partial charge in [0.05, 0.1) is 19.1 Å². The fourth-order valence-corrected chi connectivity index (χ4v) is 5.34. The van der Waals surface area contributed by atoms with E-state index in [2.05, 4.69) is 5.32 Å². The van der Waals surface area contributed by atoms with Gasteiger partial charge in [-0.05, 0) is 36.6 Å². The molecule has 208 valence electrons. The zero-order chi connectivity index (χ0) is 28.4. The van der Waals surface area contributed by atoms with Gasteiger partial charge in [-0.15, -0.1) is 0 Å². The van der Waals surface area contributed by atoms with Gasteiger partial charge in [0.15, 0.2) is 0 Å². The highest BCUT2D eigenvalue weighted by molar-refractivity contribution is 7.92. The zero-order valence-electron chi connectivity index (χ0n) is 23.0. The Morgan fingerprint density at radius 2 is 1.64 bits per heavy atom. The Bertz CT molecular complexity index is 1340. The van der Waals surface area contributed by atoms with Crippen LogP contribution in [-0.4, -0.2) is 58.1 Å². The average Bonchev–Trinajstić information content (AvgIpc) is 2.93. The summed E-state index contributed by atoms with van der Waals surface area (Å²) in [7, 11) is -0.520. The zero-order valence-corrected chi connectivity index (χ0v) is 23.8. The maximum atomic E-state index is 13.7. The number of anilines is 1. The fourth-order valence-electron chi connectivity index (χ4n) is 4.38. The molecule has 0 bridgehead atoms. The quantitative estimate of drug-likeness (QED) is 0.347. The van der Waals surface area contributed by atoms with E-state index in [0.717, 1.165) is 22.9 Å². The standard InChI is InChI=1S/C30H37N3O5S/c1-23-15-17-25(18-16-23)22-32(28(30(35)31-2)20-24-10-6-5-7-11-24)29(34)14-9-19-33(39(4,36)37)26-12-8-13-27(21-26)38-3/h5-8,10-13,15-18,21,28H,9,14,19-20,22H2,1-4H3,(H,31,35). The first-order valence-corrected chi connectivity index (χ1v) is 14.7. The summed E-state index contributed by atoms with van der Waals surface area (Å²) in [6, 6.07) is 23.5. The van der Waals surface area contributed by atoms with Gasteiger partial charge < -0.3 is 15.0 Å². The molecule has 0 heterocycles. The molecule has 0 aliphatic carbocycles. The highest BCUT2D eigenvalue weighted by Crippen LogP contribution is 2.24. The van der Waals surface area contributed by atoms with E-state index < -0.39 is 16.1 Å². The molecule has 2 amide bonds. The van der Waals surface area contributed by atoms with Crippen LogP contribution in [0.4, 0.5) is 5.69 Å². The van der Waals surface area contributed by atoms with Gasteiger partial charge in [-0.2, -0.15) is 0 Å². The van der Waals surface area contributed by atoms with Crippen molar-refractivity contribution in [2.45, 2.75) is 38.8 Å². The van der Waals surface area contributed by atoms with E-state index in [9.17, 15) is 18.0 Å². The lowest BCUT2D eigenvalue weighted by molar-refractivity contribution is -0.141. The Balaban J connectivity index is 1.84. The molecule has 0 spiro atoms. The Morgan fingerprint density at radius 3 is 2.26 bits per heavy atom. The normalized spacial score (nSPS) is 11.9. The number of ether oxygens (including phenoxy) is 1. The second kappa shape index (κ2) is 13.8. The number of methoxy groups -OCH3 is 1. The van der Waals surface area contributed by atoms with Crippen molar-refractivity contribution in [1.29, 1.82) is 0 Å². The Morgan fingerprint density at radius 1 is 0.949 bits per heavy atom. The monoisotopic (exact) mass is 551 g/mol. The third-order valence-corrected chi connectivity index (χ3v) is 7.68. The van der Waals surface area contributed by atoms with Crippen LogP contribution in [0.25, 0.3) is 0 Å². The van der Waals surface area contributed by atoms with Crippen molar-refractivity contribution in [3.05, 3.63) is 95.6 Å². The second-order valence-corrected chi connectivity index (χ2v) is 11.4. The van der Waals surface area contributed by atoms with E-state index in [0.29, 0.717) is 17.9 Å². The highest BCUT2D eigenvalue weighted by Gasteiger charge is 2.30. The number of nitrogens with one attached hydrogen (secondary N) is 1. The molecule has 0 aliphatic heterocycles. The van der Waals surface area contributed by atoms with Crippen LogP contribution in [0.2, 0.25) is 0 Å². The van der Waals surface area contributed by atoms with E-state index in [1.165, 1.54) is 11.4 Å². The van der Waals surface area contributed by atoms with Crippen molar-refractivity contribution >= 4 is 27.5 Å². The SMILES string of the molecule is CNC(=O)C(Cc1ccccc1)N(Cc1ccc(C)cc1)C(=O)CCCN(c1cccc(OC)c1)S(C)(=O)=O. The molecule has 3 aromatic rings. The van der Waals surface area contributed by atoms with Crippen LogP contribution in [-0.2, 0) is 32.6 Å². The van der Waals surface area contributed by atoms with Crippen LogP contribution < -0.4 is 14.4 Å². The van der Waals surface area contributed by atoms with Crippen molar-refractivity contribution in [2.75, 3.05) is 31.3 Å². The molecule has 0 saturated heterocycles. The number of benzene rings is 3. The summed E-state index contributed by atoms with van der Waals surface area (Å²) in [5.41, 5.74) is 3.41. The molecule has 0 aromatic heterocycles. The molecule has 0 saturated carbocycles. The van der Waals surface area contributed by atoms with Gasteiger partial charge in [-0.1, -0.05) is 66.2 Å². The number of carbonyl (C=O) groups is 2. The predicted octanol–water partition coefficient (Wildman–Crippen LogP) is 3.94. The van der Waals surface area contributed by atoms with E-state index in [4.69, 9.17) is 4.74 Å². The lowest BCUT2D eigenvalue weighted by Gasteiger charge is -2.31. The van der Waals surface area contributed by atoms with Crippen molar-refractivity contribution in [3.8, 4) is 5.75 Å². The highest BCUT2D eigenvalue weighted by atomic mass is 32.2. The first kappa shape index (κ1) is 29.7. The molecule has 39 heavy (non-hydrogen) atoms. The third kappa shape index (κ3) is 8.58. The van der Waals surface area contributed by atoms with Gasteiger partial charge in [0, 0.05) is 39.0 Å². The number of hydrogen-bond acceptors (Lipinski definition) is 5. The first-order chi connectivity index (χ1) is 18.6. The maximum Gasteiger partial charge on any atom is 0.242 e. The molecule has 0 fully saturated rings. The molecule has 0 radical (unpaired) electrons. The number of aryl methyl sites for hydroxylation is 1. The summed E-state index contributed by atoms with van der Waals surface area (Å²) in [5, 5.41) is 2.71. The van der Waals surface area contributed by atoms with E-state index in [1.807, 2.05) is 61.5 Å². The topological polar surface area (TPSA) is 96.0 Å². The fraction of sp³-hybridized carbons (Fsp3) is 0.333. The van der Waals surface area contributed by atoms with Crippen LogP contribution in [0.3, 0.4) is 0 Å². The Hall–Kier alpha value is -3.85. The number of likely N-dealkylation sites (N-methyl/N-ethyl adjacent to an activating group) is 1. The van der Waals surface area contributed by atoms with E-state index >= 15 is 0 Å². The van der Waals surface area contributed by atoms with Gasteiger partial charge in [0.25, 0.3) is 0 Å². The van der Waals surface area contributed by atoms with Gasteiger partial charge in [0.2, 0.25) is 21.8 Å². The van der Waals surface area contributed by atoms with Gasteiger partial charge in [-0.25, -0.2) is 8.42 Å². The smallest absolute Gasteiger partial charge is 0.242 e. The number of amides is 2. The molecule has 0 aliphatic rings. The summed E-state index contributed by atoms with van der Waals surface area (Å²) >= 11 is 0. The number of nitrogens with zero attached hydrogens (tertiary/aromatic N) is 2. The summed E-state index contributed by atoms with van der Waals surface area (Å²) in [4.78, 5) is 28.4. The number of hydrogen-bond donors (Lipinski definition) is 1. The van der Waals surface area contributed by atoms with Crippen LogP contribution in [0.15, 0.2) is 78.9 Å². The molecule has 1 atom stereocenters. The van der Waals surface area contributed by atoms with Crippen molar-refractivity contribution < 1.29 is 22.7 Å². The molecule has 1 unspecified atom stereocenters. The molecule has 1 N–H and O–H groups in total. The van der Waals surface area contributed by atoms with Crippen molar-refractivity contribution in [3.63, 3.8) is 0 Å². The largest absolute Gasteiger partial charge is 0.497 e. The second-order valence-electron chi connectivity index (χ2n) is 9.47. The van der Waals surface area contributed by atoms with Gasteiger partial charge >= 0.3 is 0 Å². The van der Waals surface area contributed by atoms with E-state index in [1.54, 1.807) is 36.2 Å². The molecule has 3 aromatic carbocycles. The van der Waals surface area contributed by atoms with Crippen molar-refractivity contribution in [1.82, 2.24) is 10.2 Å². The Kier molecular flexibility index (Phi) is 10.5. The molecular weight excluding hydrogens is 514 g/mol. The average molecular weight is 552 g/mol. The van der Waals surface area contributed by atoms with Crippen molar-refractivity contribution in [2.24, 2.45) is 0 Å². The lowest BCUT2D eigenvalue weighted by Crippen LogP contribution is -2.49. The predicted molar refractivity (Wildman–Crippen MR) is 154 cm³/mol. The van der Waals surface area contributed by atoms with Crippen LogP contribution in [0.5, 0.6) is 5.75 Å². The molecule has 9 heteroatoms. The summed E-state index contributed by atoms with van der Waals surface area (Å²) in [5.74, 6) is 0.0588. The van der Waals surface area contributed by atoms with Crippen LogP contribution >= 0.6 is 0 Å². The van der Waals surface area contributed by atoms with Crippen LogP contribution in [0, 0.1) is 6.92 Å². The van der Waals surface area contributed by atoms with E-state index in [-0.39, 0.29) is 37.7 Å². The first-order valence-electron chi connectivity index (χ1n) is 12.8. The molecule has 8 nitrogen and oxygen atoms in total. The minimum atomic E-state index is -3.60. The number of rotatable bonds is 13. The maximum absolute atomic E-state index is 13.7.